The lowest BCUT2D eigenvalue weighted by molar-refractivity contribution is 0.101. The highest BCUT2D eigenvalue weighted by Crippen LogP contribution is 2.19. The molecule has 4 heteroatoms. The van der Waals surface area contributed by atoms with Crippen LogP contribution in [-0.4, -0.2) is 19.0 Å². The van der Waals surface area contributed by atoms with Gasteiger partial charge in [0.1, 0.15) is 23.9 Å². The van der Waals surface area contributed by atoms with Crippen molar-refractivity contribution in [2.24, 2.45) is 0 Å². The fourth-order valence-corrected chi connectivity index (χ4v) is 2.62. The van der Waals surface area contributed by atoms with Gasteiger partial charge in [-0.2, -0.15) is 0 Å². The summed E-state index contributed by atoms with van der Waals surface area (Å²) >= 11 is 0. The van der Waals surface area contributed by atoms with Crippen LogP contribution in [0.5, 0.6) is 17.2 Å². The third-order valence-corrected chi connectivity index (χ3v) is 4.14. The largest absolute Gasteiger partial charge is 0.493 e. The Hall–Kier alpha value is -3.27. The van der Waals surface area contributed by atoms with Crippen LogP contribution in [0.3, 0.4) is 0 Å². The third-order valence-electron chi connectivity index (χ3n) is 4.14. The predicted octanol–water partition coefficient (Wildman–Crippen LogP) is 5.32. The van der Waals surface area contributed by atoms with E-state index in [1.807, 2.05) is 66.7 Å². The van der Waals surface area contributed by atoms with Crippen LogP contribution in [0.15, 0.2) is 78.9 Å². The maximum absolute atomic E-state index is 11.4. The molecule has 0 bridgehead atoms. The average Bonchev–Trinajstić information content (AvgIpc) is 2.74. The van der Waals surface area contributed by atoms with Crippen LogP contribution in [0.2, 0.25) is 0 Å². The Kier molecular flexibility index (Phi) is 7.08. The average molecular weight is 376 g/mol. The second kappa shape index (κ2) is 10.2. The maximum Gasteiger partial charge on any atom is 0.159 e. The summed E-state index contributed by atoms with van der Waals surface area (Å²) in [4.78, 5) is 11.4. The molecule has 144 valence electrons. The van der Waals surface area contributed by atoms with Crippen molar-refractivity contribution >= 4 is 5.78 Å². The van der Waals surface area contributed by atoms with E-state index in [-0.39, 0.29) is 5.78 Å². The van der Waals surface area contributed by atoms with Gasteiger partial charge in [0.15, 0.2) is 5.78 Å². The molecule has 0 unspecified atom stereocenters. The van der Waals surface area contributed by atoms with Crippen molar-refractivity contribution in [1.29, 1.82) is 0 Å². The van der Waals surface area contributed by atoms with Gasteiger partial charge in [0.05, 0.1) is 13.2 Å². The molecule has 0 radical (unpaired) electrons. The molecule has 0 fully saturated rings. The van der Waals surface area contributed by atoms with E-state index in [0.717, 1.165) is 23.5 Å². The van der Waals surface area contributed by atoms with Gasteiger partial charge in [-0.25, -0.2) is 0 Å². The molecule has 0 atom stereocenters. The number of carbonyl (C=O) groups excluding carboxylic acids is 1. The van der Waals surface area contributed by atoms with Crippen LogP contribution in [0, 0.1) is 0 Å². The summed E-state index contributed by atoms with van der Waals surface area (Å²) in [6, 6.07) is 24.9. The molecule has 0 saturated carbocycles. The molecule has 0 aliphatic rings. The summed E-state index contributed by atoms with van der Waals surface area (Å²) in [5.74, 6) is 2.34. The Labute approximate surface area is 165 Å². The number of hydrogen-bond donors (Lipinski definition) is 0. The molecule has 0 saturated heterocycles. The zero-order valence-corrected chi connectivity index (χ0v) is 16.0. The molecular weight excluding hydrogens is 352 g/mol. The van der Waals surface area contributed by atoms with E-state index in [1.165, 1.54) is 0 Å². The summed E-state index contributed by atoms with van der Waals surface area (Å²) in [7, 11) is 0. The molecular formula is C24H24O4. The van der Waals surface area contributed by atoms with E-state index in [4.69, 9.17) is 14.2 Å². The zero-order valence-electron chi connectivity index (χ0n) is 16.0. The van der Waals surface area contributed by atoms with Gasteiger partial charge < -0.3 is 14.2 Å². The highest BCUT2D eigenvalue weighted by atomic mass is 16.5. The number of Topliss-reactive ketones (excluding diaryl/α,β-unsaturated/α-hetero) is 1. The molecule has 4 nitrogen and oxygen atoms in total. The molecule has 0 aromatic heterocycles. The van der Waals surface area contributed by atoms with E-state index in [9.17, 15) is 4.79 Å². The van der Waals surface area contributed by atoms with Gasteiger partial charge in [-0.15, -0.1) is 0 Å². The Morgan fingerprint density at radius 1 is 0.714 bits per heavy atom. The highest BCUT2D eigenvalue weighted by Gasteiger charge is 2.02. The quantitative estimate of drug-likeness (QED) is 0.355. The van der Waals surface area contributed by atoms with Crippen LogP contribution in [0.1, 0.15) is 29.3 Å². The monoisotopic (exact) mass is 376 g/mol. The van der Waals surface area contributed by atoms with Crippen molar-refractivity contribution in [3.63, 3.8) is 0 Å². The first kappa shape index (κ1) is 19.5. The van der Waals surface area contributed by atoms with Gasteiger partial charge in [0.25, 0.3) is 0 Å². The third kappa shape index (κ3) is 6.16. The SMILES string of the molecule is CC(=O)c1cccc(OCCCOc2ccc(OCc3ccccc3)cc2)c1. The van der Waals surface area contributed by atoms with Crippen LogP contribution < -0.4 is 14.2 Å². The Morgan fingerprint density at radius 2 is 1.36 bits per heavy atom. The number of ketones is 1. The lowest BCUT2D eigenvalue weighted by Crippen LogP contribution is -2.05. The zero-order chi connectivity index (χ0) is 19.6. The lowest BCUT2D eigenvalue weighted by atomic mass is 10.1. The molecule has 3 aromatic rings. The number of rotatable bonds is 10. The van der Waals surface area contributed by atoms with E-state index in [0.29, 0.717) is 31.1 Å². The summed E-state index contributed by atoms with van der Waals surface area (Å²) < 4.78 is 17.2. The maximum atomic E-state index is 11.4. The predicted molar refractivity (Wildman–Crippen MR) is 109 cm³/mol. The van der Waals surface area contributed by atoms with Crippen molar-refractivity contribution in [3.8, 4) is 17.2 Å². The van der Waals surface area contributed by atoms with Crippen molar-refractivity contribution in [2.75, 3.05) is 13.2 Å². The second-order valence-electron chi connectivity index (χ2n) is 6.38. The van der Waals surface area contributed by atoms with Crippen LogP contribution in [0.25, 0.3) is 0 Å². The van der Waals surface area contributed by atoms with Crippen LogP contribution in [-0.2, 0) is 6.61 Å². The van der Waals surface area contributed by atoms with Gasteiger partial charge in [-0.05, 0) is 48.9 Å². The molecule has 0 N–H and O–H groups in total. The molecule has 0 heterocycles. The van der Waals surface area contributed by atoms with Gasteiger partial charge >= 0.3 is 0 Å². The topological polar surface area (TPSA) is 44.8 Å². The second-order valence-corrected chi connectivity index (χ2v) is 6.38. The molecule has 0 spiro atoms. The van der Waals surface area contributed by atoms with E-state index < -0.39 is 0 Å². The normalized spacial score (nSPS) is 10.3. The fourth-order valence-electron chi connectivity index (χ4n) is 2.62. The fraction of sp³-hybridized carbons (Fsp3) is 0.208. The van der Waals surface area contributed by atoms with E-state index >= 15 is 0 Å². The van der Waals surface area contributed by atoms with Crippen molar-refractivity contribution < 1.29 is 19.0 Å². The summed E-state index contributed by atoms with van der Waals surface area (Å²) in [6.07, 6.45) is 0.747. The summed E-state index contributed by atoms with van der Waals surface area (Å²) in [5.41, 5.74) is 1.79. The van der Waals surface area contributed by atoms with Crippen molar-refractivity contribution in [3.05, 3.63) is 90.0 Å². The Morgan fingerprint density at radius 3 is 2.04 bits per heavy atom. The lowest BCUT2D eigenvalue weighted by Gasteiger charge is -2.10. The van der Waals surface area contributed by atoms with Crippen LogP contribution >= 0.6 is 0 Å². The Bertz CT molecular complexity index is 873. The minimum atomic E-state index is 0.0324. The smallest absolute Gasteiger partial charge is 0.159 e. The van der Waals surface area contributed by atoms with Crippen LogP contribution in [0.4, 0.5) is 0 Å². The molecule has 0 aliphatic carbocycles. The molecule has 28 heavy (non-hydrogen) atoms. The minimum Gasteiger partial charge on any atom is -0.493 e. The number of benzene rings is 3. The molecule has 3 rings (SSSR count). The highest BCUT2D eigenvalue weighted by molar-refractivity contribution is 5.94. The van der Waals surface area contributed by atoms with E-state index in [2.05, 4.69) is 0 Å². The first-order valence-corrected chi connectivity index (χ1v) is 9.34. The van der Waals surface area contributed by atoms with E-state index in [1.54, 1.807) is 19.1 Å². The van der Waals surface area contributed by atoms with Gasteiger partial charge in [0, 0.05) is 12.0 Å². The van der Waals surface area contributed by atoms with Gasteiger partial charge in [-0.3, -0.25) is 4.79 Å². The van der Waals surface area contributed by atoms with Crippen molar-refractivity contribution in [1.82, 2.24) is 0 Å². The first-order chi connectivity index (χ1) is 13.7. The number of ether oxygens (including phenoxy) is 3. The standard InChI is InChI=1S/C24H24O4/c1-19(25)21-9-5-10-24(17-21)27-16-6-15-26-22-11-13-23(14-12-22)28-18-20-7-3-2-4-8-20/h2-5,7-14,17H,6,15-16,18H2,1H3. The number of carbonyl (C=O) groups is 1. The first-order valence-electron chi connectivity index (χ1n) is 9.34. The summed E-state index contributed by atoms with van der Waals surface area (Å²) in [5, 5.41) is 0. The molecule has 3 aromatic carbocycles. The summed E-state index contributed by atoms with van der Waals surface area (Å²) in [6.45, 7) is 3.17. The van der Waals surface area contributed by atoms with Crippen molar-refractivity contribution in [2.45, 2.75) is 20.0 Å². The molecule has 0 amide bonds. The van der Waals surface area contributed by atoms with Gasteiger partial charge in [-0.1, -0.05) is 42.5 Å². The Balaban J connectivity index is 1.36. The minimum absolute atomic E-state index is 0.0324. The molecule has 0 aliphatic heterocycles. The number of hydrogen-bond acceptors (Lipinski definition) is 4. The van der Waals surface area contributed by atoms with Gasteiger partial charge in [0.2, 0.25) is 0 Å².